The highest BCUT2D eigenvalue weighted by atomic mass is 16.6. The van der Waals surface area contributed by atoms with Crippen LogP contribution in [-0.2, 0) is 4.74 Å². The molecular formula is C20H34O3. The van der Waals surface area contributed by atoms with Crippen molar-refractivity contribution >= 4 is 0 Å². The van der Waals surface area contributed by atoms with Gasteiger partial charge in [-0.05, 0) is 83.5 Å². The lowest BCUT2D eigenvalue weighted by Crippen LogP contribution is -2.33. The van der Waals surface area contributed by atoms with Crippen molar-refractivity contribution in [3.05, 3.63) is 12.2 Å². The van der Waals surface area contributed by atoms with E-state index in [1.54, 1.807) is 0 Å². The lowest BCUT2D eigenvalue weighted by molar-refractivity contribution is 0.00849. The van der Waals surface area contributed by atoms with Crippen molar-refractivity contribution in [2.24, 2.45) is 17.3 Å². The fourth-order valence-electron chi connectivity index (χ4n) is 4.73. The summed E-state index contributed by atoms with van der Waals surface area (Å²) in [5.74, 6) is 1.01. The first kappa shape index (κ1) is 17.4. The Morgan fingerprint density at radius 3 is 2.48 bits per heavy atom. The molecule has 3 rings (SSSR count). The third-order valence-electron chi connectivity index (χ3n) is 6.73. The summed E-state index contributed by atoms with van der Waals surface area (Å²) >= 11 is 0. The smallest absolute Gasteiger partial charge is 0.0920 e. The van der Waals surface area contributed by atoms with E-state index in [2.05, 4.69) is 19.9 Å². The van der Waals surface area contributed by atoms with Crippen LogP contribution in [0.5, 0.6) is 0 Å². The van der Waals surface area contributed by atoms with Crippen LogP contribution in [0.3, 0.4) is 0 Å². The quantitative estimate of drug-likeness (QED) is 0.613. The van der Waals surface area contributed by atoms with Crippen LogP contribution in [0.25, 0.3) is 0 Å². The Bertz CT molecular complexity index is 490. The summed E-state index contributed by atoms with van der Waals surface area (Å²) in [7, 11) is 0. The Morgan fingerprint density at radius 2 is 1.83 bits per heavy atom. The van der Waals surface area contributed by atoms with Crippen LogP contribution in [0.4, 0.5) is 0 Å². The third kappa shape index (κ3) is 3.67. The van der Waals surface area contributed by atoms with Crippen molar-refractivity contribution < 1.29 is 14.9 Å². The Morgan fingerprint density at radius 1 is 1.13 bits per heavy atom. The number of allylic oxidation sites excluding steroid dienone is 1. The number of fused-ring (bicyclic) bond motifs is 2. The molecule has 2 aliphatic carbocycles. The van der Waals surface area contributed by atoms with Gasteiger partial charge in [-0.3, -0.25) is 0 Å². The Balaban J connectivity index is 1.76. The van der Waals surface area contributed by atoms with Gasteiger partial charge < -0.3 is 14.9 Å². The van der Waals surface area contributed by atoms with Crippen LogP contribution < -0.4 is 0 Å². The number of ether oxygens (including phenoxy) is 1. The maximum atomic E-state index is 10.9. The molecule has 0 aromatic heterocycles. The number of hydrogen-bond donors (Lipinski definition) is 2. The van der Waals surface area contributed by atoms with Crippen LogP contribution in [0.2, 0.25) is 0 Å². The molecule has 132 valence electrons. The van der Waals surface area contributed by atoms with Crippen LogP contribution in [0.1, 0.15) is 73.1 Å². The summed E-state index contributed by atoms with van der Waals surface area (Å²) < 4.78 is 5.96. The van der Waals surface area contributed by atoms with Crippen molar-refractivity contribution in [2.75, 3.05) is 0 Å². The molecule has 0 aromatic carbocycles. The molecule has 0 bridgehead atoms. The summed E-state index contributed by atoms with van der Waals surface area (Å²) in [5, 5.41) is 20.8. The van der Waals surface area contributed by atoms with Gasteiger partial charge >= 0.3 is 0 Å². The van der Waals surface area contributed by atoms with E-state index in [4.69, 9.17) is 4.74 Å². The van der Waals surface area contributed by atoms with Gasteiger partial charge in [-0.15, -0.1) is 0 Å². The molecule has 23 heavy (non-hydrogen) atoms. The van der Waals surface area contributed by atoms with E-state index in [9.17, 15) is 10.2 Å². The zero-order chi connectivity index (χ0) is 17.1. The van der Waals surface area contributed by atoms with Crippen LogP contribution in [-0.4, -0.2) is 33.1 Å². The highest BCUT2D eigenvalue weighted by Gasteiger charge is 2.60. The zero-order valence-corrected chi connectivity index (χ0v) is 15.4. The van der Waals surface area contributed by atoms with Crippen LogP contribution >= 0.6 is 0 Å². The number of rotatable bonds is 3. The highest BCUT2D eigenvalue weighted by Crippen LogP contribution is 2.62. The molecular weight excluding hydrogens is 288 g/mol. The monoisotopic (exact) mass is 322 g/mol. The van der Waals surface area contributed by atoms with Crippen molar-refractivity contribution in [1.29, 1.82) is 0 Å². The van der Waals surface area contributed by atoms with Crippen molar-refractivity contribution in [3.8, 4) is 0 Å². The van der Waals surface area contributed by atoms with Crippen molar-refractivity contribution in [2.45, 2.75) is 96.1 Å². The molecule has 2 saturated carbocycles. The minimum Gasteiger partial charge on any atom is -0.390 e. The Hall–Kier alpha value is -0.380. The second-order valence-electron chi connectivity index (χ2n) is 9.68. The summed E-state index contributed by atoms with van der Waals surface area (Å²) in [5.41, 5.74) is -1.10. The fourth-order valence-corrected chi connectivity index (χ4v) is 4.73. The van der Waals surface area contributed by atoms with Crippen molar-refractivity contribution in [3.63, 3.8) is 0 Å². The molecule has 0 spiro atoms. The summed E-state index contributed by atoms with van der Waals surface area (Å²) in [6.45, 7) is 10.2. The van der Waals surface area contributed by atoms with E-state index in [1.165, 1.54) is 0 Å². The van der Waals surface area contributed by atoms with E-state index in [0.29, 0.717) is 17.9 Å². The number of aliphatic hydroxyl groups is 2. The lowest BCUT2D eigenvalue weighted by Gasteiger charge is -2.34. The standard InChI is InChI=1S/C20H34O3/c1-17(2,21)8-6-9-18(3)11-12-20(5)16(23-20)7-10-19(4,22)15-13-14(15)18/h6,8,14-16,21-22H,7,9-13H2,1-5H3/b8-6-/t14-,15-,16-,18+,19-,20-/m0/s1. The van der Waals surface area contributed by atoms with Crippen LogP contribution in [0.15, 0.2) is 12.2 Å². The molecule has 0 radical (unpaired) electrons. The second kappa shape index (κ2) is 5.31. The zero-order valence-electron chi connectivity index (χ0n) is 15.4. The van der Waals surface area contributed by atoms with Gasteiger partial charge in [0.1, 0.15) is 0 Å². The molecule has 0 aromatic rings. The van der Waals surface area contributed by atoms with Gasteiger partial charge in [-0.2, -0.15) is 0 Å². The van der Waals surface area contributed by atoms with Gasteiger partial charge in [0.25, 0.3) is 0 Å². The normalized spacial score (nSPS) is 50.3. The van der Waals surface area contributed by atoms with Gasteiger partial charge in [0.2, 0.25) is 0 Å². The first-order valence-corrected chi connectivity index (χ1v) is 9.26. The molecule has 3 aliphatic rings. The van der Waals surface area contributed by atoms with Gasteiger partial charge in [0.15, 0.2) is 0 Å². The minimum absolute atomic E-state index is 0.0268. The Labute approximate surface area is 141 Å². The van der Waals surface area contributed by atoms with Gasteiger partial charge in [-0.25, -0.2) is 0 Å². The average molecular weight is 322 g/mol. The predicted molar refractivity (Wildman–Crippen MR) is 92.1 cm³/mol. The fraction of sp³-hybridized carbons (Fsp3) is 0.900. The highest BCUT2D eigenvalue weighted by molar-refractivity contribution is 5.12. The molecule has 3 nitrogen and oxygen atoms in total. The third-order valence-corrected chi connectivity index (χ3v) is 6.73. The molecule has 1 heterocycles. The van der Waals surface area contributed by atoms with Gasteiger partial charge in [0.05, 0.1) is 22.9 Å². The molecule has 3 fully saturated rings. The van der Waals surface area contributed by atoms with E-state index < -0.39 is 11.2 Å². The van der Waals surface area contributed by atoms with Crippen molar-refractivity contribution in [1.82, 2.24) is 0 Å². The Kier molecular flexibility index (Phi) is 4.02. The lowest BCUT2D eigenvalue weighted by atomic mass is 9.72. The maximum absolute atomic E-state index is 10.9. The molecule has 1 saturated heterocycles. The largest absolute Gasteiger partial charge is 0.390 e. The number of hydrogen-bond acceptors (Lipinski definition) is 3. The van der Waals surface area contributed by atoms with E-state index in [-0.39, 0.29) is 11.0 Å². The molecule has 6 atom stereocenters. The summed E-state index contributed by atoms with van der Waals surface area (Å²) in [6.07, 6.45) is 10.6. The molecule has 3 heteroatoms. The molecule has 0 amide bonds. The van der Waals surface area contributed by atoms with Gasteiger partial charge in [0, 0.05) is 0 Å². The van der Waals surface area contributed by atoms with Gasteiger partial charge in [-0.1, -0.05) is 19.1 Å². The van der Waals surface area contributed by atoms with E-state index in [1.807, 2.05) is 26.8 Å². The average Bonchev–Trinajstić information content (AvgIpc) is 3.27. The van der Waals surface area contributed by atoms with E-state index in [0.717, 1.165) is 38.5 Å². The summed E-state index contributed by atoms with van der Waals surface area (Å²) in [6, 6.07) is 0. The van der Waals surface area contributed by atoms with E-state index >= 15 is 0 Å². The SMILES string of the molecule is CC(C)(O)/C=C\C[C@]1(C)CC[C@]2(C)O[C@H]2CC[C@](C)(O)[C@H]2C[C@@H]21. The first-order valence-electron chi connectivity index (χ1n) is 9.26. The molecule has 1 aliphatic heterocycles. The second-order valence-corrected chi connectivity index (χ2v) is 9.68. The predicted octanol–water partition coefficient (Wildman–Crippen LogP) is 3.83. The minimum atomic E-state index is -0.753. The topological polar surface area (TPSA) is 53.0 Å². The maximum Gasteiger partial charge on any atom is 0.0920 e. The number of epoxide rings is 1. The summed E-state index contributed by atoms with van der Waals surface area (Å²) in [4.78, 5) is 0. The van der Waals surface area contributed by atoms with Crippen LogP contribution in [0, 0.1) is 17.3 Å². The first-order chi connectivity index (χ1) is 10.5. The molecule has 2 N–H and O–H groups in total. The molecule has 0 unspecified atom stereocenters.